The number of hydrogen-bond donors (Lipinski definition) is 0. The smallest absolute Gasteiger partial charge is 0.318 e. The van der Waals surface area contributed by atoms with Crippen LogP contribution < -0.4 is 4.74 Å². The molecule has 0 unspecified atom stereocenters. The van der Waals surface area contributed by atoms with Crippen LogP contribution in [0.3, 0.4) is 0 Å². The van der Waals surface area contributed by atoms with E-state index in [4.69, 9.17) is 16.3 Å². The van der Waals surface area contributed by atoms with Crippen LogP contribution >= 0.6 is 11.6 Å². The molecule has 0 fully saturated rings. The Labute approximate surface area is 170 Å². The summed E-state index contributed by atoms with van der Waals surface area (Å²) < 4.78 is 5.69. The highest BCUT2D eigenvalue weighted by Crippen LogP contribution is 2.36. The molecule has 3 aromatic rings. The molecule has 0 aliphatic rings. The Balaban J connectivity index is 1.97. The molecule has 0 aliphatic heterocycles. The van der Waals surface area contributed by atoms with E-state index in [2.05, 4.69) is 4.99 Å². The van der Waals surface area contributed by atoms with Gasteiger partial charge in [0.05, 0.1) is 21.6 Å². The lowest BCUT2D eigenvalue weighted by molar-refractivity contribution is -0.394. The van der Waals surface area contributed by atoms with E-state index in [9.17, 15) is 20.2 Å². The zero-order chi connectivity index (χ0) is 21.0. The van der Waals surface area contributed by atoms with Crippen molar-refractivity contribution < 1.29 is 14.6 Å². The summed E-state index contributed by atoms with van der Waals surface area (Å²) in [4.78, 5) is 25.1. The van der Waals surface area contributed by atoms with Crippen LogP contribution in [0, 0.1) is 27.2 Å². The number of aliphatic imine (C=N–C) groups is 1. The second-order valence-corrected chi connectivity index (χ2v) is 6.48. The predicted molar refractivity (Wildman–Crippen MR) is 110 cm³/mol. The Morgan fingerprint density at radius 3 is 2.28 bits per heavy atom. The summed E-state index contributed by atoms with van der Waals surface area (Å²) in [5.41, 5.74) is 1.38. The number of nitro groups is 2. The Hall–Kier alpha value is -3.78. The van der Waals surface area contributed by atoms with E-state index in [-0.39, 0.29) is 11.5 Å². The molecule has 8 nitrogen and oxygen atoms in total. The molecule has 9 heteroatoms. The highest BCUT2D eigenvalue weighted by atomic mass is 35.5. The molecular formula is C20H14ClN3O5. The van der Waals surface area contributed by atoms with E-state index < -0.39 is 21.2 Å². The lowest BCUT2D eigenvalue weighted by Gasteiger charge is -2.09. The first-order valence-corrected chi connectivity index (χ1v) is 8.72. The highest BCUT2D eigenvalue weighted by Gasteiger charge is 2.21. The van der Waals surface area contributed by atoms with E-state index in [0.717, 1.165) is 17.7 Å². The van der Waals surface area contributed by atoms with Gasteiger partial charge in [-0.05, 0) is 43.3 Å². The third-order valence-corrected chi connectivity index (χ3v) is 4.16. The molecule has 29 heavy (non-hydrogen) atoms. The first-order chi connectivity index (χ1) is 13.8. The van der Waals surface area contributed by atoms with Crippen molar-refractivity contribution in [3.63, 3.8) is 0 Å². The van der Waals surface area contributed by atoms with Crippen molar-refractivity contribution in [2.75, 3.05) is 0 Å². The van der Waals surface area contributed by atoms with Crippen molar-refractivity contribution in [3.05, 3.63) is 97.0 Å². The summed E-state index contributed by atoms with van der Waals surface area (Å²) in [6.07, 6.45) is 1.53. The van der Waals surface area contributed by atoms with Gasteiger partial charge in [0.15, 0.2) is 0 Å². The maximum absolute atomic E-state index is 11.3. The van der Waals surface area contributed by atoms with Crippen molar-refractivity contribution in [3.8, 4) is 11.5 Å². The van der Waals surface area contributed by atoms with Gasteiger partial charge in [-0.3, -0.25) is 25.2 Å². The maximum Gasteiger partial charge on any atom is 0.318 e. The van der Waals surface area contributed by atoms with Crippen LogP contribution in [0.5, 0.6) is 11.5 Å². The second-order valence-electron chi connectivity index (χ2n) is 6.04. The first-order valence-electron chi connectivity index (χ1n) is 8.34. The highest BCUT2D eigenvalue weighted by molar-refractivity contribution is 6.30. The zero-order valence-electron chi connectivity index (χ0n) is 15.1. The standard InChI is InChI=1S/C20H14ClN3O5/c1-13-2-5-16(6-3-13)22-12-14-10-15(21)4-8-19(14)29-20-9-7-17(23(25)26)11-18(20)24(27)28/h2-12H,1H3. The van der Waals surface area contributed by atoms with Crippen molar-refractivity contribution in [1.29, 1.82) is 0 Å². The fourth-order valence-electron chi connectivity index (χ4n) is 2.45. The number of halogens is 1. The number of nitrogens with zero attached hydrogens (tertiary/aromatic N) is 3. The minimum Gasteiger partial charge on any atom is -0.449 e. The number of benzene rings is 3. The average molecular weight is 412 g/mol. The monoisotopic (exact) mass is 411 g/mol. The fourth-order valence-corrected chi connectivity index (χ4v) is 2.64. The molecule has 0 atom stereocenters. The van der Waals surface area contributed by atoms with Crippen LogP contribution in [0.2, 0.25) is 5.02 Å². The normalized spacial score (nSPS) is 10.8. The molecule has 3 rings (SSSR count). The minimum atomic E-state index is -0.738. The summed E-state index contributed by atoms with van der Waals surface area (Å²) >= 11 is 6.06. The van der Waals surface area contributed by atoms with Crippen LogP contribution in [0.1, 0.15) is 11.1 Å². The number of ether oxygens (including phenoxy) is 1. The topological polar surface area (TPSA) is 108 Å². The van der Waals surface area contributed by atoms with Gasteiger partial charge in [0, 0.05) is 22.9 Å². The Kier molecular flexibility index (Phi) is 5.85. The SMILES string of the molecule is Cc1ccc(N=Cc2cc(Cl)ccc2Oc2ccc([N+](=O)[O-])cc2[N+](=O)[O-])cc1. The summed E-state index contributed by atoms with van der Waals surface area (Å²) in [6.45, 7) is 1.97. The maximum atomic E-state index is 11.3. The molecule has 0 saturated carbocycles. The van der Waals surface area contributed by atoms with Crippen LogP contribution in [0.15, 0.2) is 65.7 Å². The lowest BCUT2D eigenvalue weighted by Crippen LogP contribution is -1.97. The van der Waals surface area contributed by atoms with Crippen molar-refractivity contribution in [2.45, 2.75) is 6.92 Å². The lowest BCUT2D eigenvalue weighted by atomic mass is 10.2. The molecule has 0 heterocycles. The van der Waals surface area contributed by atoms with Crippen LogP contribution in [-0.4, -0.2) is 16.1 Å². The van der Waals surface area contributed by atoms with Gasteiger partial charge in [-0.25, -0.2) is 0 Å². The number of aryl methyl sites for hydroxylation is 1. The van der Waals surface area contributed by atoms with Gasteiger partial charge in [0.2, 0.25) is 5.75 Å². The Morgan fingerprint density at radius 2 is 1.62 bits per heavy atom. The van der Waals surface area contributed by atoms with Gasteiger partial charge >= 0.3 is 5.69 Å². The van der Waals surface area contributed by atoms with Gasteiger partial charge in [0.25, 0.3) is 5.69 Å². The molecule has 3 aromatic carbocycles. The molecular weight excluding hydrogens is 398 g/mol. The van der Waals surface area contributed by atoms with E-state index in [1.165, 1.54) is 12.3 Å². The molecule has 0 radical (unpaired) electrons. The van der Waals surface area contributed by atoms with Gasteiger partial charge in [-0.15, -0.1) is 0 Å². The van der Waals surface area contributed by atoms with Crippen LogP contribution in [0.25, 0.3) is 0 Å². The van der Waals surface area contributed by atoms with Gasteiger partial charge in [-0.2, -0.15) is 0 Å². The molecule has 0 bridgehead atoms. The summed E-state index contributed by atoms with van der Waals surface area (Å²) in [5, 5.41) is 22.6. The summed E-state index contributed by atoms with van der Waals surface area (Å²) in [6, 6.07) is 15.4. The minimum absolute atomic E-state index is 0.132. The number of non-ortho nitro benzene ring substituents is 1. The molecule has 0 N–H and O–H groups in total. The van der Waals surface area contributed by atoms with Crippen molar-refractivity contribution >= 4 is 34.9 Å². The number of nitro benzene ring substituents is 2. The van der Waals surface area contributed by atoms with Crippen molar-refractivity contribution in [1.82, 2.24) is 0 Å². The molecule has 146 valence electrons. The van der Waals surface area contributed by atoms with Gasteiger partial charge in [-0.1, -0.05) is 29.3 Å². The van der Waals surface area contributed by atoms with Crippen molar-refractivity contribution in [2.24, 2.45) is 4.99 Å². The largest absolute Gasteiger partial charge is 0.449 e. The third-order valence-electron chi connectivity index (χ3n) is 3.93. The predicted octanol–water partition coefficient (Wildman–Crippen LogP) is 6.01. The van der Waals surface area contributed by atoms with Crippen LogP contribution in [-0.2, 0) is 0 Å². The van der Waals surface area contributed by atoms with Gasteiger partial charge in [0.1, 0.15) is 5.75 Å². The molecule has 0 saturated heterocycles. The van der Waals surface area contributed by atoms with E-state index in [1.807, 2.05) is 31.2 Å². The Morgan fingerprint density at radius 1 is 0.931 bits per heavy atom. The Bertz CT molecular complexity index is 1110. The van der Waals surface area contributed by atoms with E-state index in [0.29, 0.717) is 16.3 Å². The molecule has 0 aliphatic carbocycles. The quantitative estimate of drug-likeness (QED) is 0.280. The summed E-state index contributed by atoms with van der Waals surface area (Å²) in [7, 11) is 0. The average Bonchev–Trinajstić information content (AvgIpc) is 2.69. The zero-order valence-corrected chi connectivity index (χ0v) is 15.9. The number of rotatable bonds is 6. The fraction of sp³-hybridized carbons (Fsp3) is 0.0500. The first kappa shape index (κ1) is 20.0. The summed E-state index contributed by atoms with van der Waals surface area (Å²) in [5.74, 6) is 0.134. The van der Waals surface area contributed by atoms with Crippen LogP contribution in [0.4, 0.5) is 17.1 Å². The molecule has 0 amide bonds. The second kappa shape index (κ2) is 8.49. The van der Waals surface area contributed by atoms with E-state index >= 15 is 0 Å². The molecule has 0 spiro atoms. The third kappa shape index (κ3) is 4.94. The van der Waals surface area contributed by atoms with Gasteiger partial charge < -0.3 is 4.74 Å². The molecule has 0 aromatic heterocycles. The number of hydrogen-bond acceptors (Lipinski definition) is 6. The van der Waals surface area contributed by atoms with E-state index in [1.54, 1.807) is 18.2 Å².